The average Bonchev–Trinajstić information content (AvgIpc) is 3.30. The van der Waals surface area contributed by atoms with Crippen LogP contribution in [0.1, 0.15) is 22.5 Å². The molecule has 0 unspecified atom stereocenters. The van der Waals surface area contributed by atoms with Crippen molar-refractivity contribution in [1.29, 1.82) is 0 Å². The van der Waals surface area contributed by atoms with Crippen LogP contribution in [-0.4, -0.2) is 20.4 Å². The standard InChI is InChI=1S/C34H26Cl2N4O2/c1-22-18-26(20-37-40-33(25-8-4-3-5-9-25)38-32-11-7-6-10-29(32)34(40)41)23(2)39(22)27-13-15-28(16-14-27)42-21-24-12-17-30(35)31(36)19-24/h3-20H,21H2,1-2H3. The Balaban J connectivity index is 1.29. The lowest BCUT2D eigenvalue weighted by Gasteiger charge is -2.12. The number of rotatable bonds is 7. The summed E-state index contributed by atoms with van der Waals surface area (Å²) in [6, 6.07) is 32.3. The fourth-order valence-corrected chi connectivity index (χ4v) is 5.25. The van der Waals surface area contributed by atoms with Crippen LogP contribution in [-0.2, 0) is 6.61 Å². The van der Waals surface area contributed by atoms with Gasteiger partial charge in [-0.2, -0.15) is 9.78 Å². The van der Waals surface area contributed by atoms with Gasteiger partial charge in [0.25, 0.3) is 5.56 Å². The number of nitrogens with zero attached hydrogens (tertiary/aromatic N) is 4. The van der Waals surface area contributed by atoms with E-state index in [1.54, 1.807) is 24.4 Å². The van der Waals surface area contributed by atoms with Crippen LogP contribution < -0.4 is 10.3 Å². The van der Waals surface area contributed by atoms with E-state index in [0.29, 0.717) is 33.4 Å². The van der Waals surface area contributed by atoms with Gasteiger partial charge < -0.3 is 9.30 Å². The van der Waals surface area contributed by atoms with E-state index in [2.05, 4.69) is 15.7 Å². The van der Waals surface area contributed by atoms with E-state index >= 15 is 0 Å². The van der Waals surface area contributed by atoms with Crippen LogP contribution in [0, 0.1) is 13.8 Å². The summed E-state index contributed by atoms with van der Waals surface area (Å²) < 4.78 is 9.47. The van der Waals surface area contributed by atoms with Gasteiger partial charge in [-0.15, -0.1) is 0 Å². The first-order valence-electron chi connectivity index (χ1n) is 13.4. The Kier molecular flexibility index (Phi) is 7.66. The number of hydrogen-bond donors (Lipinski definition) is 0. The molecule has 0 saturated carbocycles. The summed E-state index contributed by atoms with van der Waals surface area (Å²) in [4.78, 5) is 18.3. The zero-order valence-electron chi connectivity index (χ0n) is 23.0. The number of para-hydroxylation sites is 1. The Morgan fingerprint density at radius 2 is 1.60 bits per heavy atom. The van der Waals surface area contributed by atoms with E-state index in [-0.39, 0.29) is 5.56 Å². The molecule has 6 nitrogen and oxygen atoms in total. The molecule has 42 heavy (non-hydrogen) atoms. The van der Waals surface area contributed by atoms with Crippen LogP contribution in [0.4, 0.5) is 0 Å². The summed E-state index contributed by atoms with van der Waals surface area (Å²) in [6.45, 7) is 4.45. The molecule has 0 aliphatic carbocycles. The molecule has 0 bridgehead atoms. The molecular formula is C34H26Cl2N4O2. The van der Waals surface area contributed by atoms with E-state index in [0.717, 1.165) is 39.5 Å². The molecule has 2 heterocycles. The lowest BCUT2D eigenvalue weighted by Crippen LogP contribution is -2.20. The number of benzene rings is 4. The minimum atomic E-state index is -0.221. The lowest BCUT2D eigenvalue weighted by molar-refractivity contribution is 0.306. The Labute approximate surface area is 253 Å². The zero-order valence-corrected chi connectivity index (χ0v) is 24.5. The predicted octanol–water partition coefficient (Wildman–Crippen LogP) is 8.24. The monoisotopic (exact) mass is 592 g/mol. The quantitative estimate of drug-likeness (QED) is 0.175. The highest BCUT2D eigenvalue weighted by atomic mass is 35.5. The molecule has 8 heteroatoms. The Morgan fingerprint density at radius 1 is 0.857 bits per heavy atom. The molecule has 208 valence electrons. The molecule has 0 saturated heterocycles. The van der Waals surface area contributed by atoms with Crippen molar-refractivity contribution in [3.8, 4) is 22.8 Å². The van der Waals surface area contributed by atoms with Crippen molar-refractivity contribution in [3.63, 3.8) is 0 Å². The van der Waals surface area contributed by atoms with Crippen molar-refractivity contribution in [2.75, 3.05) is 0 Å². The number of ether oxygens (including phenoxy) is 1. The summed E-state index contributed by atoms with van der Waals surface area (Å²) in [5.74, 6) is 1.23. The number of aromatic nitrogens is 3. The summed E-state index contributed by atoms with van der Waals surface area (Å²) in [5, 5.41) is 6.19. The highest BCUT2D eigenvalue weighted by Gasteiger charge is 2.14. The molecule has 0 spiro atoms. The van der Waals surface area contributed by atoms with Gasteiger partial charge in [-0.05, 0) is 74.0 Å². The summed E-state index contributed by atoms with van der Waals surface area (Å²) in [6.07, 6.45) is 1.72. The second kappa shape index (κ2) is 11.7. The maximum absolute atomic E-state index is 13.5. The van der Waals surface area contributed by atoms with E-state index in [9.17, 15) is 4.79 Å². The number of hydrogen-bond acceptors (Lipinski definition) is 4. The van der Waals surface area contributed by atoms with Gasteiger partial charge in [-0.3, -0.25) is 4.79 Å². The van der Waals surface area contributed by atoms with Gasteiger partial charge in [0, 0.05) is 28.2 Å². The number of halogens is 2. The molecule has 0 N–H and O–H groups in total. The van der Waals surface area contributed by atoms with Crippen molar-refractivity contribution in [1.82, 2.24) is 14.2 Å². The van der Waals surface area contributed by atoms with E-state index in [4.69, 9.17) is 32.9 Å². The zero-order chi connectivity index (χ0) is 29.2. The van der Waals surface area contributed by atoms with Gasteiger partial charge in [0.15, 0.2) is 5.82 Å². The van der Waals surface area contributed by atoms with Crippen LogP contribution in [0.15, 0.2) is 113 Å². The number of aryl methyl sites for hydroxylation is 1. The molecule has 0 radical (unpaired) electrons. The van der Waals surface area contributed by atoms with Gasteiger partial charge in [0.2, 0.25) is 0 Å². The normalized spacial score (nSPS) is 11.4. The summed E-state index contributed by atoms with van der Waals surface area (Å²) in [7, 11) is 0. The molecule has 4 aromatic carbocycles. The predicted molar refractivity (Wildman–Crippen MR) is 170 cm³/mol. The minimum absolute atomic E-state index is 0.221. The first-order chi connectivity index (χ1) is 20.4. The van der Waals surface area contributed by atoms with Crippen LogP contribution in [0.2, 0.25) is 10.0 Å². The Hall–Kier alpha value is -4.65. The van der Waals surface area contributed by atoms with Gasteiger partial charge >= 0.3 is 0 Å². The van der Waals surface area contributed by atoms with Crippen LogP contribution in [0.25, 0.3) is 28.0 Å². The Bertz CT molecular complexity index is 2000. The highest BCUT2D eigenvalue weighted by Crippen LogP contribution is 2.25. The third-order valence-electron chi connectivity index (χ3n) is 7.05. The molecule has 0 atom stereocenters. The second-order valence-corrected chi connectivity index (χ2v) is 10.7. The molecule has 0 aliphatic rings. The SMILES string of the molecule is Cc1cc(C=Nn2c(-c3ccccc3)nc3ccccc3c2=O)c(C)n1-c1ccc(OCc2ccc(Cl)c(Cl)c2)cc1. The molecule has 6 aromatic rings. The fourth-order valence-electron chi connectivity index (χ4n) is 4.93. The smallest absolute Gasteiger partial charge is 0.282 e. The topological polar surface area (TPSA) is 61.4 Å². The molecule has 0 fully saturated rings. The van der Waals surface area contributed by atoms with Gasteiger partial charge in [-0.1, -0.05) is 71.7 Å². The molecule has 0 amide bonds. The number of fused-ring (bicyclic) bond motifs is 1. The van der Waals surface area contributed by atoms with Crippen LogP contribution in [0.3, 0.4) is 0 Å². The van der Waals surface area contributed by atoms with E-state index in [1.165, 1.54) is 4.68 Å². The molecule has 2 aromatic heterocycles. The van der Waals surface area contributed by atoms with Crippen molar-refractivity contribution in [3.05, 3.63) is 146 Å². The minimum Gasteiger partial charge on any atom is -0.489 e. The summed E-state index contributed by atoms with van der Waals surface area (Å²) in [5.41, 5.74) is 6.06. The van der Waals surface area contributed by atoms with Crippen molar-refractivity contribution in [2.24, 2.45) is 5.10 Å². The maximum Gasteiger partial charge on any atom is 0.282 e. The molecular weight excluding hydrogens is 567 g/mol. The largest absolute Gasteiger partial charge is 0.489 e. The fraction of sp³-hybridized carbons (Fsp3) is 0.0882. The Morgan fingerprint density at radius 3 is 2.36 bits per heavy atom. The maximum atomic E-state index is 13.5. The van der Waals surface area contributed by atoms with Gasteiger partial charge in [0.05, 0.1) is 27.2 Å². The van der Waals surface area contributed by atoms with Crippen LogP contribution >= 0.6 is 23.2 Å². The van der Waals surface area contributed by atoms with Crippen molar-refractivity contribution in [2.45, 2.75) is 20.5 Å². The van der Waals surface area contributed by atoms with Crippen molar-refractivity contribution >= 4 is 40.3 Å². The first-order valence-corrected chi connectivity index (χ1v) is 14.1. The van der Waals surface area contributed by atoms with E-state index in [1.807, 2.05) is 92.7 Å². The summed E-state index contributed by atoms with van der Waals surface area (Å²) >= 11 is 12.1. The molecule has 0 aliphatic heterocycles. The van der Waals surface area contributed by atoms with Crippen LogP contribution in [0.5, 0.6) is 5.75 Å². The average molecular weight is 594 g/mol. The third kappa shape index (κ3) is 5.47. The first kappa shape index (κ1) is 27.5. The van der Waals surface area contributed by atoms with Gasteiger partial charge in [0.1, 0.15) is 12.4 Å². The highest BCUT2D eigenvalue weighted by molar-refractivity contribution is 6.42. The molecule has 6 rings (SSSR count). The second-order valence-electron chi connectivity index (χ2n) is 9.87. The third-order valence-corrected chi connectivity index (χ3v) is 7.79. The lowest BCUT2D eigenvalue weighted by atomic mass is 10.2. The van der Waals surface area contributed by atoms with Crippen molar-refractivity contribution < 1.29 is 4.74 Å². The van der Waals surface area contributed by atoms with Gasteiger partial charge in [-0.25, -0.2) is 4.98 Å². The van der Waals surface area contributed by atoms with E-state index < -0.39 is 0 Å².